The molecule has 0 radical (unpaired) electrons. The van der Waals surface area contributed by atoms with Crippen LogP contribution in [0.25, 0.3) is 0 Å². The van der Waals surface area contributed by atoms with E-state index in [2.05, 4.69) is 24.1 Å². The van der Waals surface area contributed by atoms with E-state index < -0.39 is 0 Å². The largest absolute Gasteiger partial charge is 0.312 e. The molecule has 1 heterocycles. The maximum Gasteiger partial charge on any atom is 0.0167 e. The van der Waals surface area contributed by atoms with E-state index in [1.165, 1.54) is 51.9 Å². The van der Waals surface area contributed by atoms with Crippen LogP contribution < -0.4 is 5.32 Å². The molecule has 2 heteroatoms. The molecule has 2 aliphatic rings. The van der Waals surface area contributed by atoms with Gasteiger partial charge >= 0.3 is 0 Å². The Hall–Kier alpha value is -0.0800. The average Bonchev–Trinajstić information content (AvgIpc) is 2.22. The quantitative estimate of drug-likeness (QED) is 0.751. The van der Waals surface area contributed by atoms with Gasteiger partial charge < -0.3 is 10.2 Å². The minimum Gasteiger partial charge on any atom is -0.312 e. The predicted octanol–water partition coefficient (Wildman–Crippen LogP) is 2.11. The summed E-state index contributed by atoms with van der Waals surface area (Å²) in [7, 11) is 0. The van der Waals surface area contributed by atoms with Crippen molar-refractivity contribution in [2.24, 2.45) is 11.8 Å². The summed E-state index contributed by atoms with van der Waals surface area (Å²) >= 11 is 0. The number of rotatable bonds is 2. The normalized spacial score (nSPS) is 39.2. The lowest BCUT2D eigenvalue weighted by Crippen LogP contribution is -2.51. The molecule has 1 N–H and O–H groups in total. The van der Waals surface area contributed by atoms with E-state index in [0.29, 0.717) is 6.04 Å². The third kappa shape index (κ3) is 3.18. The smallest absolute Gasteiger partial charge is 0.0167 e. The Morgan fingerprint density at radius 2 is 2.00 bits per heavy atom. The molecule has 1 aliphatic carbocycles. The van der Waals surface area contributed by atoms with E-state index in [9.17, 15) is 0 Å². The van der Waals surface area contributed by atoms with Crippen LogP contribution in [0.4, 0.5) is 0 Å². The van der Waals surface area contributed by atoms with Crippen LogP contribution in [0, 0.1) is 11.8 Å². The van der Waals surface area contributed by atoms with Crippen LogP contribution in [0.1, 0.15) is 39.5 Å². The minimum atomic E-state index is 0.692. The summed E-state index contributed by atoms with van der Waals surface area (Å²) in [6, 6.07) is 0.692. The molecular formula is C13H26N2. The first kappa shape index (κ1) is 11.4. The molecule has 1 saturated heterocycles. The Bertz CT molecular complexity index is 193. The Labute approximate surface area is 94.4 Å². The van der Waals surface area contributed by atoms with Gasteiger partial charge in [0.2, 0.25) is 0 Å². The Kier molecular flexibility index (Phi) is 4.04. The standard InChI is InChI=1S/C13H26N2/c1-11-5-3-4-6-13(11)10-15-8-7-14-12(2)9-15/h11-14H,3-10H2,1-2H3/t11?,12-,13?/m0/s1. The fraction of sp³-hybridized carbons (Fsp3) is 1.00. The number of nitrogens with zero attached hydrogens (tertiary/aromatic N) is 1. The molecule has 88 valence electrons. The lowest BCUT2D eigenvalue weighted by atomic mass is 9.80. The Morgan fingerprint density at radius 1 is 1.20 bits per heavy atom. The van der Waals surface area contributed by atoms with Crippen molar-refractivity contribution in [3.05, 3.63) is 0 Å². The van der Waals surface area contributed by atoms with Gasteiger partial charge in [0.25, 0.3) is 0 Å². The van der Waals surface area contributed by atoms with E-state index >= 15 is 0 Å². The van der Waals surface area contributed by atoms with Gasteiger partial charge in [0.05, 0.1) is 0 Å². The van der Waals surface area contributed by atoms with E-state index in [-0.39, 0.29) is 0 Å². The van der Waals surface area contributed by atoms with Crippen LogP contribution in [0.2, 0.25) is 0 Å². The van der Waals surface area contributed by atoms with E-state index in [1.807, 2.05) is 0 Å². The van der Waals surface area contributed by atoms with Crippen molar-refractivity contribution in [2.45, 2.75) is 45.6 Å². The summed E-state index contributed by atoms with van der Waals surface area (Å²) < 4.78 is 0. The maximum absolute atomic E-state index is 3.52. The zero-order valence-corrected chi connectivity index (χ0v) is 10.3. The van der Waals surface area contributed by atoms with Crippen molar-refractivity contribution in [2.75, 3.05) is 26.2 Å². The fourth-order valence-corrected chi connectivity index (χ4v) is 3.17. The highest BCUT2D eigenvalue weighted by molar-refractivity contribution is 4.80. The van der Waals surface area contributed by atoms with Crippen molar-refractivity contribution < 1.29 is 0 Å². The highest BCUT2D eigenvalue weighted by Gasteiger charge is 2.25. The van der Waals surface area contributed by atoms with Gasteiger partial charge in [-0.25, -0.2) is 0 Å². The second-order valence-electron chi connectivity index (χ2n) is 5.64. The van der Waals surface area contributed by atoms with Gasteiger partial charge in [0, 0.05) is 32.2 Å². The summed E-state index contributed by atoms with van der Waals surface area (Å²) in [4.78, 5) is 2.67. The molecule has 15 heavy (non-hydrogen) atoms. The van der Waals surface area contributed by atoms with Crippen LogP contribution in [-0.4, -0.2) is 37.1 Å². The van der Waals surface area contributed by atoms with Crippen molar-refractivity contribution in [3.63, 3.8) is 0 Å². The molecule has 3 atom stereocenters. The van der Waals surface area contributed by atoms with Gasteiger partial charge in [-0.05, 0) is 25.2 Å². The molecule has 0 amide bonds. The van der Waals surface area contributed by atoms with Gasteiger partial charge in [-0.2, -0.15) is 0 Å². The highest BCUT2D eigenvalue weighted by Crippen LogP contribution is 2.30. The van der Waals surface area contributed by atoms with E-state index in [0.717, 1.165) is 11.8 Å². The first-order valence-electron chi connectivity index (χ1n) is 6.71. The Balaban J connectivity index is 1.79. The second kappa shape index (κ2) is 5.31. The number of nitrogens with one attached hydrogen (secondary N) is 1. The van der Waals surface area contributed by atoms with Crippen LogP contribution in [0.5, 0.6) is 0 Å². The maximum atomic E-state index is 3.52. The minimum absolute atomic E-state index is 0.692. The molecule has 2 nitrogen and oxygen atoms in total. The Morgan fingerprint density at radius 3 is 2.73 bits per heavy atom. The first-order chi connectivity index (χ1) is 7.25. The van der Waals surface area contributed by atoms with Gasteiger partial charge in [-0.15, -0.1) is 0 Å². The van der Waals surface area contributed by atoms with Crippen molar-refractivity contribution in [3.8, 4) is 0 Å². The first-order valence-corrected chi connectivity index (χ1v) is 6.71. The third-order valence-electron chi connectivity index (χ3n) is 4.23. The van der Waals surface area contributed by atoms with Crippen molar-refractivity contribution in [1.82, 2.24) is 10.2 Å². The van der Waals surface area contributed by atoms with Gasteiger partial charge in [0.1, 0.15) is 0 Å². The van der Waals surface area contributed by atoms with Crippen LogP contribution in [-0.2, 0) is 0 Å². The van der Waals surface area contributed by atoms with Gasteiger partial charge in [-0.3, -0.25) is 0 Å². The monoisotopic (exact) mass is 210 g/mol. The zero-order valence-electron chi connectivity index (χ0n) is 10.3. The van der Waals surface area contributed by atoms with Crippen LogP contribution >= 0.6 is 0 Å². The number of hydrogen-bond acceptors (Lipinski definition) is 2. The summed E-state index contributed by atoms with van der Waals surface area (Å²) in [6.07, 6.45) is 5.87. The molecule has 0 aromatic carbocycles. The summed E-state index contributed by atoms with van der Waals surface area (Å²) in [5.41, 5.74) is 0. The third-order valence-corrected chi connectivity index (χ3v) is 4.23. The highest BCUT2D eigenvalue weighted by atomic mass is 15.2. The lowest BCUT2D eigenvalue weighted by molar-refractivity contribution is 0.133. The SMILES string of the molecule is CC1CCCCC1CN1CCN[C@@H](C)C1. The second-order valence-corrected chi connectivity index (χ2v) is 5.64. The molecular weight excluding hydrogens is 184 g/mol. The molecule has 1 aliphatic heterocycles. The fourth-order valence-electron chi connectivity index (χ4n) is 3.17. The van der Waals surface area contributed by atoms with E-state index in [4.69, 9.17) is 0 Å². The lowest BCUT2D eigenvalue weighted by Gasteiger charge is -2.37. The summed E-state index contributed by atoms with van der Waals surface area (Å²) in [5, 5.41) is 3.52. The number of hydrogen-bond donors (Lipinski definition) is 1. The molecule has 2 unspecified atom stereocenters. The topological polar surface area (TPSA) is 15.3 Å². The molecule has 2 fully saturated rings. The van der Waals surface area contributed by atoms with E-state index in [1.54, 1.807) is 0 Å². The van der Waals surface area contributed by atoms with Crippen molar-refractivity contribution >= 4 is 0 Å². The summed E-state index contributed by atoms with van der Waals surface area (Å²) in [5.74, 6) is 1.94. The van der Waals surface area contributed by atoms with Crippen LogP contribution in [0.15, 0.2) is 0 Å². The molecule has 2 rings (SSSR count). The average molecular weight is 210 g/mol. The van der Waals surface area contributed by atoms with Crippen LogP contribution in [0.3, 0.4) is 0 Å². The predicted molar refractivity (Wildman–Crippen MR) is 65.0 cm³/mol. The van der Waals surface area contributed by atoms with Gasteiger partial charge in [0.15, 0.2) is 0 Å². The molecule has 0 spiro atoms. The molecule has 0 aromatic rings. The summed E-state index contributed by atoms with van der Waals surface area (Å²) in [6.45, 7) is 9.80. The number of piperazine rings is 1. The molecule has 0 aromatic heterocycles. The molecule has 1 saturated carbocycles. The van der Waals surface area contributed by atoms with Gasteiger partial charge in [-0.1, -0.05) is 26.2 Å². The molecule has 0 bridgehead atoms. The van der Waals surface area contributed by atoms with Crippen molar-refractivity contribution in [1.29, 1.82) is 0 Å². The zero-order chi connectivity index (χ0) is 10.7.